The van der Waals surface area contributed by atoms with Gasteiger partial charge in [-0.25, -0.2) is 0 Å². The molecule has 26 heavy (non-hydrogen) atoms. The van der Waals surface area contributed by atoms with Gasteiger partial charge in [0.25, 0.3) is 0 Å². The molecule has 0 aromatic rings. The third kappa shape index (κ3) is 8.31. The lowest BCUT2D eigenvalue weighted by atomic mass is 9.99. The summed E-state index contributed by atoms with van der Waals surface area (Å²) in [6.45, 7) is 2.03. The maximum absolute atomic E-state index is 11.8. The Labute approximate surface area is 156 Å². The summed E-state index contributed by atoms with van der Waals surface area (Å²) in [6, 6.07) is 0. The smallest absolute Gasteiger partial charge is 0.305 e. The molecular formula is C19H36O7. The van der Waals surface area contributed by atoms with Gasteiger partial charge in [-0.1, -0.05) is 58.3 Å². The van der Waals surface area contributed by atoms with E-state index in [0.29, 0.717) is 6.42 Å². The topological polar surface area (TPSA) is 105 Å². The summed E-state index contributed by atoms with van der Waals surface area (Å²) >= 11 is 0. The predicted molar refractivity (Wildman–Crippen MR) is 96.5 cm³/mol. The van der Waals surface area contributed by atoms with E-state index in [0.717, 1.165) is 19.3 Å². The summed E-state index contributed by atoms with van der Waals surface area (Å²) in [6.07, 6.45) is 4.82. The SMILES string of the molecule is CCCCCCCCCCCC(=O)OCC1OC(OC)C(O)C(O)C1O. The van der Waals surface area contributed by atoms with E-state index in [1.807, 2.05) is 0 Å². The zero-order valence-electron chi connectivity index (χ0n) is 16.1. The van der Waals surface area contributed by atoms with Gasteiger partial charge in [-0.05, 0) is 6.42 Å². The summed E-state index contributed by atoms with van der Waals surface area (Å²) in [5, 5.41) is 29.4. The second kappa shape index (κ2) is 13.4. The van der Waals surface area contributed by atoms with E-state index in [2.05, 4.69) is 6.92 Å². The summed E-state index contributed by atoms with van der Waals surface area (Å²) < 4.78 is 15.4. The summed E-state index contributed by atoms with van der Waals surface area (Å²) in [7, 11) is 1.32. The van der Waals surface area contributed by atoms with Gasteiger partial charge in [0.2, 0.25) is 0 Å². The number of aliphatic hydroxyl groups is 3. The quantitative estimate of drug-likeness (QED) is 0.333. The van der Waals surface area contributed by atoms with Crippen molar-refractivity contribution in [3.05, 3.63) is 0 Å². The Hall–Kier alpha value is -0.730. The number of hydrogen-bond acceptors (Lipinski definition) is 7. The van der Waals surface area contributed by atoms with Crippen molar-refractivity contribution in [3.63, 3.8) is 0 Å². The van der Waals surface area contributed by atoms with Crippen LogP contribution in [0.4, 0.5) is 0 Å². The highest BCUT2D eigenvalue weighted by atomic mass is 16.7. The maximum Gasteiger partial charge on any atom is 0.305 e. The Morgan fingerprint density at radius 1 is 0.885 bits per heavy atom. The van der Waals surface area contributed by atoms with Crippen LogP contribution < -0.4 is 0 Å². The van der Waals surface area contributed by atoms with Crippen LogP contribution in [-0.4, -0.2) is 65.7 Å². The average Bonchev–Trinajstić information content (AvgIpc) is 2.64. The third-order valence-corrected chi connectivity index (χ3v) is 4.79. The van der Waals surface area contributed by atoms with E-state index in [-0.39, 0.29) is 12.6 Å². The molecule has 1 saturated heterocycles. The second-order valence-corrected chi connectivity index (χ2v) is 7.01. The molecule has 5 atom stereocenters. The molecule has 0 saturated carbocycles. The standard InChI is InChI=1S/C19H36O7/c1-3-4-5-6-7-8-9-10-11-12-15(20)25-13-14-16(21)17(22)18(23)19(24-2)26-14/h14,16-19,21-23H,3-13H2,1-2H3. The molecule has 1 fully saturated rings. The monoisotopic (exact) mass is 376 g/mol. The van der Waals surface area contributed by atoms with Gasteiger partial charge in [0, 0.05) is 13.5 Å². The highest BCUT2D eigenvalue weighted by Crippen LogP contribution is 2.22. The van der Waals surface area contributed by atoms with Gasteiger partial charge in [0.15, 0.2) is 6.29 Å². The zero-order valence-corrected chi connectivity index (χ0v) is 16.1. The van der Waals surface area contributed by atoms with E-state index >= 15 is 0 Å². The van der Waals surface area contributed by atoms with E-state index in [4.69, 9.17) is 14.2 Å². The molecule has 5 unspecified atom stereocenters. The first-order valence-electron chi connectivity index (χ1n) is 9.89. The fraction of sp³-hybridized carbons (Fsp3) is 0.947. The van der Waals surface area contributed by atoms with Gasteiger partial charge in [0.05, 0.1) is 0 Å². The maximum atomic E-state index is 11.8. The third-order valence-electron chi connectivity index (χ3n) is 4.79. The molecule has 1 heterocycles. The molecule has 0 aromatic heterocycles. The molecule has 154 valence electrons. The molecule has 0 spiro atoms. The highest BCUT2D eigenvalue weighted by molar-refractivity contribution is 5.69. The molecule has 1 rings (SSSR count). The lowest BCUT2D eigenvalue weighted by Crippen LogP contribution is -2.59. The van der Waals surface area contributed by atoms with Crippen molar-refractivity contribution < 1.29 is 34.3 Å². The van der Waals surface area contributed by atoms with Gasteiger partial charge in [-0.2, -0.15) is 0 Å². The fourth-order valence-electron chi connectivity index (χ4n) is 3.08. The van der Waals surface area contributed by atoms with Crippen LogP contribution in [-0.2, 0) is 19.0 Å². The Kier molecular flexibility index (Phi) is 12.0. The van der Waals surface area contributed by atoms with Crippen LogP contribution in [0.3, 0.4) is 0 Å². The highest BCUT2D eigenvalue weighted by Gasteiger charge is 2.44. The molecule has 0 radical (unpaired) electrons. The first-order chi connectivity index (χ1) is 12.5. The van der Waals surface area contributed by atoms with Crippen molar-refractivity contribution in [2.24, 2.45) is 0 Å². The minimum atomic E-state index is -1.41. The first-order valence-corrected chi connectivity index (χ1v) is 9.89. The minimum absolute atomic E-state index is 0.179. The number of rotatable bonds is 13. The Balaban J connectivity index is 2.10. The zero-order chi connectivity index (χ0) is 19.4. The van der Waals surface area contributed by atoms with Crippen molar-refractivity contribution in [1.82, 2.24) is 0 Å². The van der Waals surface area contributed by atoms with Crippen LogP contribution in [0.1, 0.15) is 71.1 Å². The minimum Gasteiger partial charge on any atom is -0.463 e. The number of aliphatic hydroxyl groups excluding tert-OH is 3. The van der Waals surface area contributed by atoms with Gasteiger partial charge in [0.1, 0.15) is 31.0 Å². The summed E-state index contributed by atoms with van der Waals surface area (Å²) in [4.78, 5) is 11.8. The number of esters is 1. The number of carbonyl (C=O) groups excluding carboxylic acids is 1. The Bertz CT molecular complexity index is 375. The van der Waals surface area contributed by atoms with E-state index in [9.17, 15) is 20.1 Å². The molecule has 0 bridgehead atoms. The van der Waals surface area contributed by atoms with Gasteiger partial charge >= 0.3 is 5.97 Å². The van der Waals surface area contributed by atoms with Crippen LogP contribution in [0, 0.1) is 0 Å². The average molecular weight is 376 g/mol. The number of unbranched alkanes of at least 4 members (excludes halogenated alkanes) is 8. The number of carbonyl (C=O) groups is 1. The molecule has 7 nitrogen and oxygen atoms in total. The lowest BCUT2D eigenvalue weighted by molar-refractivity contribution is -0.295. The Morgan fingerprint density at radius 3 is 2.04 bits per heavy atom. The second-order valence-electron chi connectivity index (χ2n) is 7.01. The number of hydrogen-bond donors (Lipinski definition) is 3. The molecule has 3 N–H and O–H groups in total. The van der Waals surface area contributed by atoms with Crippen LogP contribution in [0.5, 0.6) is 0 Å². The molecule has 0 aromatic carbocycles. The van der Waals surface area contributed by atoms with Gasteiger partial charge < -0.3 is 29.5 Å². The summed E-state index contributed by atoms with van der Waals surface area (Å²) in [5.74, 6) is -0.349. The normalized spacial score (nSPS) is 28.9. The van der Waals surface area contributed by atoms with Crippen molar-refractivity contribution >= 4 is 5.97 Å². The van der Waals surface area contributed by atoms with Crippen LogP contribution in [0.25, 0.3) is 0 Å². The molecule has 0 amide bonds. The summed E-state index contributed by atoms with van der Waals surface area (Å²) in [5.41, 5.74) is 0. The van der Waals surface area contributed by atoms with E-state index in [1.54, 1.807) is 0 Å². The van der Waals surface area contributed by atoms with E-state index < -0.39 is 30.7 Å². The van der Waals surface area contributed by atoms with E-state index in [1.165, 1.54) is 45.6 Å². The van der Waals surface area contributed by atoms with Gasteiger partial charge in [-0.15, -0.1) is 0 Å². The fourth-order valence-corrected chi connectivity index (χ4v) is 3.08. The largest absolute Gasteiger partial charge is 0.463 e. The van der Waals surface area contributed by atoms with Crippen molar-refractivity contribution in [1.29, 1.82) is 0 Å². The number of methoxy groups -OCH3 is 1. The molecule has 0 aliphatic carbocycles. The molecular weight excluding hydrogens is 340 g/mol. The van der Waals surface area contributed by atoms with Gasteiger partial charge in [-0.3, -0.25) is 4.79 Å². The first kappa shape index (κ1) is 23.3. The molecule has 1 aliphatic rings. The van der Waals surface area contributed by atoms with Crippen molar-refractivity contribution in [2.75, 3.05) is 13.7 Å². The van der Waals surface area contributed by atoms with Crippen LogP contribution >= 0.6 is 0 Å². The molecule has 1 aliphatic heterocycles. The number of ether oxygens (including phenoxy) is 3. The van der Waals surface area contributed by atoms with Crippen molar-refractivity contribution in [2.45, 2.75) is 102 Å². The molecule has 7 heteroatoms. The predicted octanol–water partition coefficient (Wildman–Crippen LogP) is 1.90. The Morgan fingerprint density at radius 2 is 1.46 bits per heavy atom. The van der Waals surface area contributed by atoms with Crippen LogP contribution in [0.15, 0.2) is 0 Å². The van der Waals surface area contributed by atoms with Crippen molar-refractivity contribution in [3.8, 4) is 0 Å². The lowest BCUT2D eigenvalue weighted by Gasteiger charge is -2.39. The van der Waals surface area contributed by atoms with Crippen LogP contribution in [0.2, 0.25) is 0 Å².